The predicted octanol–water partition coefficient (Wildman–Crippen LogP) is 5.15. The Hall–Kier alpha value is -3.46. The zero-order chi connectivity index (χ0) is 24.1. The first-order valence-electron chi connectivity index (χ1n) is 11.2. The van der Waals surface area contributed by atoms with Gasteiger partial charge >= 0.3 is 0 Å². The van der Waals surface area contributed by atoms with Crippen LogP contribution in [0.4, 0.5) is 5.95 Å². The lowest BCUT2D eigenvalue weighted by molar-refractivity contribution is 0.417. The maximum Gasteiger partial charge on any atom is 0.238 e. The predicted molar refractivity (Wildman–Crippen MR) is 134 cm³/mol. The van der Waals surface area contributed by atoms with E-state index in [0.717, 1.165) is 42.6 Å². The van der Waals surface area contributed by atoms with Crippen molar-refractivity contribution in [2.45, 2.75) is 39.3 Å². The van der Waals surface area contributed by atoms with Gasteiger partial charge < -0.3 is 15.0 Å². The molecule has 0 unspecified atom stereocenters. The van der Waals surface area contributed by atoms with E-state index in [0.29, 0.717) is 39.7 Å². The van der Waals surface area contributed by atoms with Gasteiger partial charge in [-0.05, 0) is 90.6 Å². The zero-order valence-electron chi connectivity index (χ0n) is 19.2. The van der Waals surface area contributed by atoms with E-state index in [-0.39, 0.29) is 6.04 Å². The molecule has 0 radical (unpaired) electrons. The maximum absolute atomic E-state index is 9.59. The van der Waals surface area contributed by atoms with Crippen molar-refractivity contribution >= 4 is 21.9 Å². The Labute approximate surface area is 208 Å². The summed E-state index contributed by atoms with van der Waals surface area (Å²) < 4.78 is 6.89. The summed E-state index contributed by atoms with van der Waals surface area (Å²) in [4.78, 5) is 11.6. The van der Waals surface area contributed by atoms with Crippen LogP contribution >= 0.6 is 15.9 Å². The van der Waals surface area contributed by atoms with E-state index in [1.807, 2.05) is 38.1 Å². The van der Waals surface area contributed by atoms with Crippen molar-refractivity contribution in [2.75, 3.05) is 18.0 Å². The summed E-state index contributed by atoms with van der Waals surface area (Å²) in [7, 11) is 0. The molecule has 1 aliphatic heterocycles. The number of nitrogens with one attached hydrogen (secondary N) is 1. The number of halogens is 1. The summed E-state index contributed by atoms with van der Waals surface area (Å²) >= 11 is 3.53. The SMILES string of the molecule is Cc1cc(C#N)cc(C)c1Oc1nc(N(Cc2ccccc2C#N)C2CCNCC2)ncc1Br. The van der Waals surface area contributed by atoms with E-state index in [4.69, 9.17) is 9.72 Å². The lowest BCUT2D eigenvalue weighted by Gasteiger charge is -2.35. The second-order valence-corrected chi connectivity index (χ2v) is 9.21. The third-order valence-corrected chi connectivity index (χ3v) is 6.52. The molecular formula is C26H25BrN6O. The third kappa shape index (κ3) is 5.20. The smallest absolute Gasteiger partial charge is 0.238 e. The molecule has 0 spiro atoms. The second kappa shape index (κ2) is 10.6. The van der Waals surface area contributed by atoms with Gasteiger partial charge in [-0.15, -0.1) is 0 Å². The molecular weight excluding hydrogens is 492 g/mol. The summed E-state index contributed by atoms with van der Waals surface area (Å²) in [5, 5.41) is 22.2. The van der Waals surface area contributed by atoms with Crippen LogP contribution in [0.1, 0.15) is 40.7 Å². The minimum Gasteiger partial charge on any atom is -0.437 e. The summed E-state index contributed by atoms with van der Waals surface area (Å²) in [6.07, 6.45) is 3.62. The molecule has 2 heterocycles. The topological polar surface area (TPSA) is 97.9 Å². The molecule has 172 valence electrons. The molecule has 0 amide bonds. The number of hydrogen-bond donors (Lipinski definition) is 1. The minimum atomic E-state index is 0.236. The van der Waals surface area contributed by atoms with Crippen LogP contribution in [0.25, 0.3) is 0 Å². The average molecular weight is 517 g/mol. The molecule has 8 heteroatoms. The number of aromatic nitrogens is 2. The highest BCUT2D eigenvalue weighted by molar-refractivity contribution is 9.10. The Morgan fingerprint density at radius 2 is 1.82 bits per heavy atom. The van der Waals surface area contributed by atoms with Crippen molar-refractivity contribution in [3.8, 4) is 23.8 Å². The highest BCUT2D eigenvalue weighted by Crippen LogP contribution is 2.34. The number of rotatable bonds is 6. The fourth-order valence-corrected chi connectivity index (χ4v) is 4.53. The van der Waals surface area contributed by atoms with Crippen LogP contribution in [0.5, 0.6) is 11.6 Å². The molecule has 0 atom stereocenters. The number of nitrogens with zero attached hydrogens (tertiary/aromatic N) is 5. The second-order valence-electron chi connectivity index (χ2n) is 8.35. The number of nitriles is 2. The quantitative estimate of drug-likeness (QED) is 0.483. The number of ether oxygens (including phenoxy) is 1. The number of hydrogen-bond acceptors (Lipinski definition) is 7. The van der Waals surface area contributed by atoms with Gasteiger partial charge in [0, 0.05) is 12.6 Å². The van der Waals surface area contributed by atoms with E-state index < -0.39 is 0 Å². The molecule has 1 fully saturated rings. The lowest BCUT2D eigenvalue weighted by Crippen LogP contribution is -2.43. The fourth-order valence-electron chi connectivity index (χ4n) is 4.26. The van der Waals surface area contributed by atoms with E-state index in [1.165, 1.54) is 0 Å². The molecule has 3 aromatic rings. The molecule has 1 aliphatic rings. The van der Waals surface area contributed by atoms with E-state index in [9.17, 15) is 10.5 Å². The van der Waals surface area contributed by atoms with Crippen LogP contribution in [0, 0.1) is 36.5 Å². The Balaban J connectivity index is 1.71. The van der Waals surface area contributed by atoms with Crippen molar-refractivity contribution in [2.24, 2.45) is 0 Å². The van der Waals surface area contributed by atoms with Crippen LogP contribution in [0.15, 0.2) is 47.1 Å². The van der Waals surface area contributed by atoms with Crippen LogP contribution in [-0.4, -0.2) is 29.1 Å². The Bertz CT molecular complexity index is 1250. The van der Waals surface area contributed by atoms with Crippen LogP contribution in [-0.2, 0) is 6.54 Å². The number of piperidine rings is 1. The van der Waals surface area contributed by atoms with Crippen molar-refractivity contribution in [1.82, 2.24) is 15.3 Å². The standard InChI is InChI=1S/C26H25BrN6O/c1-17-11-19(13-28)12-18(2)24(17)34-25-23(27)15-31-26(32-25)33(22-7-9-30-10-8-22)16-21-6-4-3-5-20(21)14-29/h3-6,11-12,15,22,30H,7-10,16H2,1-2H3. The minimum absolute atomic E-state index is 0.236. The maximum atomic E-state index is 9.59. The molecule has 4 rings (SSSR count). The average Bonchev–Trinajstić information content (AvgIpc) is 2.86. The first-order valence-corrected chi connectivity index (χ1v) is 12.0. The normalized spacial score (nSPS) is 13.7. The summed E-state index contributed by atoms with van der Waals surface area (Å²) in [6.45, 7) is 6.21. The molecule has 7 nitrogen and oxygen atoms in total. The first kappa shape index (κ1) is 23.7. The summed E-state index contributed by atoms with van der Waals surface area (Å²) in [6, 6.07) is 16.0. The van der Waals surface area contributed by atoms with Gasteiger partial charge in [0.05, 0.1) is 33.9 Å². The molecule has 1 N–H and O–H groups in total. The molecule has 1 aromatic heterocycles. The van der Waals surface area contributed by atoms with Gasteiger partial charge in [0.25, 0.3) is 0 Å². The van der Waals surface area contributed by atoms with Crippen LogP contribution in [0.3, 0.4) is 0 Å². The molecule has 1 saturated heterocycles. The molecule has 34 heavy (non-hydrogen) atoms. The number of anilines is 1. The van der Waals surface area contributed by atoms with Gasteiger partial charge in [-0.1, -0.05) is 18.2 Å². The van der Waals surface area contributed by atoms with E-state index in [2.05, 4.69) is 43.3 Å². The summed E-state index contributed by atoms with van der Waals surface area (Å²) in [5.41, 5.74) is 3.91. The monoisotopic (exact) mass is 516 g/mol. The van der Waals surface area contributed by atoms with Crippen molar-refractivity contribution in [1.29, 1.82) is 10.5 Å². The van der Waals surface area contributed by atoms with Crippen LogP contribution in [0.2, 0.25) is 0 Å². The van der Waals surface area contributed by atoms with Crippen molar-refractivity contribution in [3.05, 3.63) is 74.9 Å². The highest BCUT2D eigenvalue weighted by atomic mass is 79.9. The molecule has 0 aliphatic carbocycles. The van der Waals surface area contributed by atoms with Crippen LogP contribution < -0.4 is 15.0 Å². The van der Waals surface area contributed by atoms with E-state index in [1.54, 1.807) is 18.3 Å². The third-order valence-electron chi connectivity index (χ3n) is 5.97. The molecule has 0 bridgehead atoms. The van der Waals surface area contributed by atoms with Gasteiger partial charge in [0.15, 0.2) is 0 Å². The van der Waals surface area contributed by atoms with Crippen molar-refractivity contribution < 1.29 is 4.74 Å². The Kier molecular flexibility index (Phi) is 7.42. The molecule has 0 saturated carbocycles. The van der Waals surface area contributed by atoms with E-state index >= 15 is 0 Å². The lowest BCUT2D eigenvalue weighted by atomic mass is 10.0. The number of aryl methyl sites for hydroxylation is 2. The van der Waals surface area contributed by atoms with Gasteiger partial charge in [-0.2, -0.15) is 15.5 Å². The van der Waals surface area contributed by atoms with Gasteiger partial charge in [-0.25, -0.2) is 4.98 Å². The summed E-state index contributed by atoms with van der Waals surface area (Å²) in [5.74, 6) is 1.64. The van der Waals surface area contributed by atoms with Gasteiger partial charge in [-0.3, -0.25) is 0 Å². The van der Waals surface area contributed by atoms with Gasteiger partial charge in [0.1, 0.15) is 5.75 Å². The largest absolute Gasteiger partial charge is 0.437 e. The zero-order valence-corrected chi connectivity index (χ0v) is 20.8. The Morgan fingerprint density at radius 3 is 2.50 bits per heavy atom. The Morgan fingerprint density at radius 1 is 1.12 bits per heavy atom. The van der Waals surface area contributed by atoms with Gasteiger partial charge in [0.2, 0.25) is 11.8 Å². The molecule has 2 aromatic carbocycles. The first-order chi connectivity index (χ1) is 16.5. The number of benzene rings is 2. The fraction of sp³-hybridized carbons (Fsp3) is 0.308. The van der Waals surface area contributed by atoms with Crippen molar-refractivity contribution in [3.63, 3.8) is 0 Å². The highest BCUT2D eigenvalue weighted by Gasteiger charge is 2.25.